The third kappa shape index (κ3) is 2.02. The second kappa shape index (κ2) is 4.49. The van der Waals surface area contributed by atoms with Crippen molar-refractivity contribution in [3.8, 4) is 16.9 Å². The Morgan fingerprint density at radius 1 is 1.29 bits per heavy atom. The number of hydrogen-bond acceptors (Lipinski definition) is 3. The zero-order valence-electron chi connectivity index (χ0n) is 10.8. The molecule has 0 radical (unpaired) electrons. The number of halogens is 1. The highest BCUT2D eigenvalue weighted by atomic mass is 35.5. The van der Waals surface area contributed by atoms with Crippen molar-refractivity contribution in [1.82, 2.24) is 9.61 Å². The fraction of sp³-hybridized carbons (Fsp3) is 0.0667. The minimum absolute atomic E-state index is 0.0235. The Bertz CT molecular complexity index is 872. The van der Waals surface area contributed by atoms with E-state index in [1.54, 1.807) is 16.8 Å². The predicted molar refractivity (Wildman–Crippen MR) is 79.8 cm³/mol. The lowest BCUT2D eigenvalue weighted by molar-refractivity contribution is -0.118. The topological polar surface area (TPSA) is 55.6 Å². The van der Waals surface area contributed by atoms with Gasteiger partial charge in [-0.25, -0.2) is 4.52 Å². The molecule has 1 N–H and O–H groups in total. The van der Waals surface area contributed by atoms with E-state index in [1.165, 1.54) is 0 Å². The number of nitrogens with one attached hydrogen (secondary N) is 1. The van der Waals surface area contributed by atoms with Gasteiger partial charge in [-0.1, -0.05) is 11.6 Å². The Hall–Kier alpha value is -2.53. The van der Waals surface area contributed by atoms with Crippen molar-refractivity contribution in [2.75, 3.05) is 11.9 Å². The van der Waals surface area contributed by atoms with Crippen LogP contribution in [0.5, 0.6) is 5.75 Å². The number of benzene rings is 1. The van der Waals surface area contributed by atoms with Crippen LogP contribution in [0.4, 0.5) is 5.69 Å². The molecule has 4 rings (SSSR count). The summed E-state index contributed by atoms with van der Waals surface area (Å²) in [7, 11) is 0. The molecule has 6 heteroatoms. The lowest BCUT2D eigenvalue weighted by Crippen LogP contribution is -2.25. The molecule has 104 valence electrons. The second-order valence-electron chi connectivity index (χ2n) is 4.78. The van der Waals surface area contributed by atoms with Gasteiger partial charge in [-0.15, -0.1) is 0 Å². The molecule has 0 aliphatic carbocycles. The Labute approximate surface area is 125 Å². The summed E-state index contributed by atoms with van der Waals surface area (Å²) in [6.45, 7) is 0.0235. The van der Waals surface area contributed by atoms with E-state index in [-0.39, 0.29) is 12.5 Å². The third-order valence-corrected chi connectivity index (χ3v) is 3.73. The standard InChI is InChI=1S/C15H10ClN3O2/c16-12-7-13-14(21-8-15(20)18-13)6-11(12)9-2-4-19-10(5-9)1-3-17-19/h1-7H,8H2,(H,18,20). The van der Waals surface area contributed by atoms with Gasteiger partial charge in [0.15, 0.2) is 6.61 Å². The highest BCUT2D eigenvalue weighted by molar-refractivity contribution is 6.34. The van der Waals surface area contributed by atoms with Crippen molar-refractivity contribution < 1.29 is 9.53 Å². The molecular formula is C15H10ClN3O2. The van der Waals surface area contributed by atoms with E-state index < -0.39 is 0 Å². The summed E-state index contributed by atoms with van der Waals surface area (Å²) in [5, 5.41) is 7.47. The van der Waals surface area contributed by atoms with Gasteiger partial charge in [0.25, 0.3) is 5.91 Å². The summed E-state index contributed by atoms with van der Waals surface area (Å²) in [5.74, 6) is 0.453. The molecule has 1 aromatic carbocycles. The van der Waals surface area contributed by atoms with Gasteiger partial charge in [0.2, 0.25) is 0 Å². The second-order valence-corrected chi connectivity index (χ2v) is 5.19. The van der Waals surface area contributed by atoms with Crippen molar-refractivity contribution in [3.05, 3.63) is 47.7 Å². The van der Waals surface area contributed by atoms with Gasteiger partial charge >= 0.3 is 0 Å². The number of rotatable bonds is 1. The molecule has 21 heavy (non-hydrogen) atoms. The van der Waals surface area contributed by atoms with E-state index in [0.717, 1.165) is 16.6 Å². The Morgan fingerprint density at radius 3 is 3.10 bits per heavy atom. The van der Waals surface area contributed by atoms with Gasteiger partial charge in [-0.05, 0) is 35.9 Å². The monoisotopic (exact) mass is 299 g/mol. The summed E-state index contributed by atoms with van der Waals surface area (Å²) in [4.78, 5) is 11.3. The summed E-state index contributed by atoms with van der Waals surface area (Å²) < 4.78 is 7.22. The van der Waals surface area contributed by atoms with Crippen molar-refractivity contribution in [2.24, 2.45) is 0 Å². The first-order chi connectivity index (χ1) is 10.2. The number of anilines is 1. The molecule has 0 bridgehead atoms. The fourth-order valence-electron chi connectivity index (χ4n) is 2.41. The third-order valence-electron chi connectivity index (χ3n) is 3.41. The maximum Gasteiger partial charge on any atom is 0.262 e. The maximum atomic E-state index is 11.3. The SMILES string of the molecule is O=C1COc2cc(-c3ccn4nccc4c3)c(Cl)cc2N1. The van der Waals surface area contributed by atoms with Gasteiger partial charge < -0.3 is 10.1 Å². The van der Waals surface area contributed by atoms with E-state index in [2.05, 4.69) is 10.4 Å². The first kappa shape index (κ1) is 12.2. The van der Waals surface area contributed by atoms with Crippen LogP contribution in [0.15, 0.2) is 42.7 Å². The Morgan fingerprint density at radius 2 is 2.19 bits per heavy atom. The van der Waals surface area contributed by atoms with E-state index in [9.17, 15) is 4.79 Å². The summed E-state index contributed by atoms with van der Waals surface area (Å²) in [6.07, 6.45) is 3.62. The lowest BCUT2D eigenvalue weighted by Gasteiger charge is -2.19. The molecule has 1 aliphatic rings. The van der Waals surface area contributed by atoms with Crippen LogP contribution in [0, 0.1) is 0 Å². The number of carbonyl (C=O) groups excluding carboxylic acids is 1. The number of pyridine rings is 1. The van der Waals surface area contributed by atoms with Crippen LogP contribution in [-0.2, 0) is 4.79 Å². The van der Waals surface area contributed by atoms with Crippen LogP contribution in [0.25, 0.3) is 16.6 Å². The average Bonchev–Trinajstić information content (AvgIpc) is 2.93. The number of nitrogens with zero attached hydrogens (tertiary/aromatic N) is 2. The maximum absolute atomic E-state index is 11.3. The molecule has 0 unspecified atom stereocenters. The summed E-state index contributed by atoms with van der Waals surface area (Å²) in [6, 6.07) is 9.42. The van der Waals surface area contributed by atoms with Crippen LogP contribution in [0.3, 0.4) is 0 Å². The number of fused-ring (bicyclic) bond motifs is 2. The molecular weight excluding hydrogens is 290 g/mol. The van der Waals surface area contributed by atoms with Gasteiger partial charge in [-0.3, -0.25) is 4.79 Å². The van der Waals surface area contributed by atoms with Crippen molar-refractivity contribution >= 4 is 28.7 Å². The zero-order valence-corrected chi connectivity index (χ0v) is 11.6. The van der Waals surface area contributed by atoms with Crippen molar-refractivity contribution in [3.63, 3.8) is 0 Å². The van der Waals surface area contributed by atoms with Gasteiger partial charge in [0, 0.05) is 18.0 Å². The van der Waals surface area contributed by atoms with E-state index >= 15 is 0 Å². The molecule has 0 saturated heterocycles. The van der Waals surface area contributed by atoms with Crippen molar-refractivity contribution in [1.29, 1.82) is 0 Å². The summed E-state index contributed by atoms with van der Waals surface area (Å²) >= 11 is 6.34. The zero-order chi connectivity index (χ0) is 14.4. The van der Waals surface area contributed by atoms with Crippen LogP contribution < -0.4 is 10.1 Å². The van der Waals surface area contributed by atoms with Gasteiger partial charge in [0.05, 0.1) is 16.2 Å². The molecule has 0 spiro atoms. The predicted octanol–water partition coefficient (Wildman–Crippen LogP) is 2.99. The molecule has 1 aliphatic heterocycles. The minimum Gasteiger partial charge on any atom is -0.482 e. The quantitative estimate of drug-likeness (QED) is 0.751. The number of amides is 1. The van der Waals surface area contributed by atoms with Gasteiger partial charge in [0.1, 0.15) is 5.75 Å². The average molecular weight is 300 g/mol. The number of carbonyl (C=O) groups is 1. The number of ether oxygens (including phenoxy) is 1. The molecule has 0 saturated carbocycles. The first-order valence-corrected chi connectivity index (χ1v) is 6.78. The Kier molecular flexibility index (Phi) is 2.62. The minimum atomic E-state index is -0.174. The van der Waals surface area contributed by atoms with Crippen LogP contribution in [0.2, 0.25) is 5.02 Å². The highest BCUT2D eigenvalue weighted by Crippen LogP contribution is 2.38. The smallest absolute Gasteiger partial charge is 0.262 e. The van der Waals surface area contributed by atoms with E-state index in [1.807, 2.05) is 30.5 Å². The summed E-state index contributed by atoms with van der Waals surface area (Å²) in [5.41, 5.74) is 3.41. The highest BCUT2D eigenvalue weighted by Gasteiger charge is 2.18. The number of hydrogen-bond donors (Lipinski definition) is 1. The first-order valence-electron chi connectivity index (χ1n) is 6.41. The molecule has 2 aromatic heterocycles. The molecule has 5 nitrogen and oxygen atoms in total. The molecule has 1 amide bonds. The normalized spacial score (nSPS) is 13.7. The van der Waals surface area contributed by atoms with Crippen LogP contribution >= 0.6 is 11.6 Å². The van der Waals surface area contributed by atoms with Gasteiger partial charge in [-0.2, -0.15) is 5.10 Å². The fourth-order valence-corrected chi connectivity index (χ4v) is 2.68. The molecule has 0 fully saturated rings. The van der Waals surface area contributed by atoms with E-state index in [0.29, 0.717) is 16.5 Å². The van der Waals surface area contributed by atoms with Crippen molar-refractivity contribution in [2.45, 2.75) is 0 Å². The largest absolute Gasteiger partial charge is 0.482 e. The van der Waals surface area contributed by atoms with Crippen LogP contribution in [-0.4, -0.2) is 22.1 Å². The molecule has 3 aromatic rings. The molecule has 0 atom stereocenters. The number of aromatic nitrogens is 2. The Balaban J connectivity index is 1.86. The molecule has 3 heterocycles. The van der Waals surface area contributed by atoms with E-state index in [4.69, 9.17) is 16.3 Å². The lowest BCUT2D eigenvalue weighted by atomic mass is 10.0. The van der Waals surface area contributed by atoms with Crippen LogP contribution in [0.1, 0.15) is 0 Å².